The number of unbranched alkanes of at least 4 members (excludes halogenated alkanes) is 6. The lowest BCUT2D eigenvalue weighted by molar-refractivity contribution is -0.154. The molecule has 238 valence electrons. The quantitative estimate of drug-likeness (QED) is 0.0896. The number of hydrogen-bond acceptors (Lipinski definition) is 6. The molecule has 0 atom stereocenters. The van der Waals surface area contributed by atoms with E-state index < -0.39 is 5.60 Å². The molecule has 0 bridgehead atoms. The number of ether oxygens (including phenoxy) is 3. The number of carbonyl (C=O) groups excluding carboxylic acids is 1. The molecule has 0 radical (unpaired) electrons. The van der Waals surface area contributed by atoms with Crippen molar-refractivity contribution in [1.82, 2.24) is 4.98 Å². The summed E-state index contributed by atoms with van der Waals surface area (Å²) in [7, 11) is 0. The molecule has 6 nitrogen and oxygen atoms in total. The highest BCUT2D eigenvalue weighted by atomic mass is 16.6. The van der Waals surface area contributed by atoms with E-state index in [1.807, 2.05) is 93.6 Å². The molecule has 0 aliphatic carbocycles. The summed E-state index contributed by atoms with van der Waals surface area (Å²) in [6.45, 7) is 7.55. The number of aromatic nitrogens is 1. The van der Waals surface area contributed by atoms with Crippen LogP contribution in [-0.2, 0) is 22.7 Å². The molecule has 0 amide bonds. The van der Waals surface area contributed by atoms with Crippen LogP contribution >= 0.6 is 0 Å². The third-order valence-electron chi connectivity index (χ3n) is 7.29. The first-order valence-corrected chi connectivity index (χ1v) is 16.3. The van der Waals surface area contributed by atoms with E-state index in [0.717, 1.165) is 53.7 Å². The zero-order chi connectivity index (χ0) is 31.7. The van der Waals surface area contributed by atoms with Crippen LogP contribution in [0.3, 0.4) is 0 Å². The van der Waals surface area contributed by atoms with E-state index in [0.29, 0.717) is 31.4 Å². The van der Waals surface area contributed by atoms with Crippen molar-refractivity contribution in [3.05, 3.63) is 108 Å². The molecule has 4 aromatic rings. The van der Waals surface area contributed by atoms with Crippen molar-refractivity contribution in [3.8, 4) is 22.9 Å². The van der Waals surface area contributed by atoms with Crippen LogP contribution < -0.4 is 14.8 Å². The Morgan fingerprint density at radius 2 is 1.24 bits per heavy atom. The first-order chi connectivity index (χ1) is 21.9. The smallest absolute Gasteiger partial charge is 0.306 e. The molecule has 0 saturated heterocycles. The Balaban J connectivity index is 1.22. The fourth-order valence-corrected chi connectivity index (χ4v) is 4.96. The second-order valence-electron chi connectivity index (χ2n) is 12.4. The Bertz CT molecular complexity index is 1420. The standard InChI is InChI=1S/C39H48N2O4/c1-39(2,3)45-37(42)21-15-7-5-4-6-8-16-28-40-34-24-22-33(23-25-34)35-26-27-36(43-29-31-17-11-9-12-18-31)41-38(35)44-30-32-19-13-10-14-20-32/h9-14,17-20,22-27,40H,4-8,15-16,21,28-30H2,1-3H3. The Labute approximate surface area is 269 Å². The average Bonchev–Trinajstić information content (AvgIpc) is 3.04. The second-order valence-corrected chi connectivity index (χ2v) is 12.4. The van der Waals surface area contributed by atoms with Gasteiger partial charge >= 0.3 is 5.97 Å². The van der Waals surface area contributed by atoms with E-state index in [1.165, 1.54) is 25.7 Å². The van der Waals surface area contributed by atoms with Crippen LogP contribution in [-0.4, -0.2) is 23.1 Å². The topological polar surface area (TPSA) is 69.7 Å². The van der Waals surface area contributed by atoms with E-state index in [2.05, 4.69) is 29.6 Å². The summed E-state index contributed by atoms with van der Waals surface area (Å²) in [5, 5.41) is 3.55. The summed E-state index contributed by atoms with van der Waals surface area (Å²) in [5.41, 5.74) is 4.84. The maximum atomic E-state index is 11.8. The minimum atomic E-state index is -0.392. The number of carbonyl (C=O) groups is 1. The van der Waals surface area contributed by atoms with E-state index in [4.69, 9.17) is 19.2 Å². The first-order valence-electron chi connectivity index (χ1n) is 16.3. The van der Waals surface area contributed by atoms with Gasteiger partial charge < -0.3 is 19.5 Å². The monoisotopic (exact) mass is 608 g/mol. The average molecular weight is 609 g/mol. The van der Waals surface area contributed by atoms with Crippen LogP contribution in [0.4, 0.5) is 5.69 Å². The number of nitrogens with zero attached hydrogens (tertiary/aromatic N) is 1. The molecule has 0 aliphatic heterocycles. The van der Waals surface area contributed by atoms with Gasteiger partial charge in [0.05, 0.1) is 0 Å². The summed E-state index contributed by atoms with van der Waals surface area (Å²) in [5.74, 6) is 0.997. The fourth-order valence-electron chi connectivity index (χ4n) is 4.96. The van der Waals surface area contributed by atoms with E-state index >= 15 is 0 Å². The molecule has 1 aromatic heterocycles. The SMILES string of the molecule is CC(C)(C)OC(=O)CCCCCCCCCNc1ccc(-c2ccc(OCc3ccccc3)nc2OCc2ccccc2)cc1. The second kappa shape index (κ2) is 17.8. The van der Waals surface area contributed by atoms with Gasteiger partial charge in [-0.3, -0.25) is 4.79 Å². The Hall–Kier alpha value is -4.32. The number of nitrogens with one attached hydrogen (secondary N) is 1. The van der Waals surface area contributed by atoms with Crippen LogP contribution in [0.15, 0.2) is 97.1 Å². The molecular formula is C39H48N2O4. The van der Waals surface area contributed by atoms with Crippen LogP contribution in [0.5, 0.6) is 11.8 Å². The third kappa shape index (κ3) is 12.7. The van der Waals surface area contributed by atoms with Gasteiger partial charge in [-0.05, 0) is 68.5 Å². The molecule has 0 aliphatic rings. The minimum Gasteiger partial charge on any atom is -0.473 e. The highest BCUT2D eigenvalue weighted by molar-refractivity contribution is 5.71. The number of esters is 1. The summed E-state index contributed by atoms with van der Waals surface area (Å²) in [6, 6.07) is 32.6. The molecule has 3 aromatic carbocycles. The van der Waals surface area contributed by atoms with Crippen molar-refractivity contribution in [2.45, 2.75) is 91.0 Å². The van der Waals surface area contributed by atoms with E-state index in [1.54, 1.807) is 0 Å². The van der Waals surface area contributed by atoms with Crippen molar-refractivity contribution >= 4 is 11.7 Å². The first kappa shape index (κ1) is 33.6. The van der Waals surface area contributed by atoms with Gasteiger partial charge in [0, 0.05) is 30.3 Å². The number of hydrogen-bond donors (Lipinski definition) is 1. The maximum absolute atomic E-state index is 11.8. The molecule has 0 spiro atoms. The molecule has 45 heavy (non-hydrogen) atoms. The molecule has 1 N–H and O–H groups in total. The lowest BCUT2D eigenvalue weighted by Gasteiger charge is -2.19. The summed E-state index contributed by atoms with van der Waals surface area (Å²) < 4.78 is 17.6. The molecule has 6 heteroatoms. The van der Waals surface area contributed by atoms with Gasteiger partial charge in [-0.1, -0.05) is 105 Å². The molecule has 0 unspecified atom stereocenters. The maximum Gasteiger partial charge on any atom is 0.306 e. The van der Waals surface area contributed by atoms with Crippen LogP contribution in [0, 0.1) is 0 Å². The van der Waals surface area contributed by atoms with Crippen LogP contribution in [0.1, 0.15) is 83.3 Å². The van der Waals surface area contributed by atoms with E-state index in [9.17, 15) is 4.79 Å². The van der Waals surface area contributed by atoms with Gasteiger partial charge in [-0.2, -0.15) is 4.98 Å². The summed E-state index contributed by atoms with van der Waals surface area (Å²) >= 11 is 0. The summed E-state index contributed by atoms with van der Waals surface area (Å²) in [4.78, 5) is 16.5. The zero-order valence-electron chi connectivity index (χ0n) is 27.1. The van der Waals surface area contributed by atoms with Crippen molar-refractivity contribution in [2.75, 3.05) is 11.9 Å². The normalized spacial score (nSPS) is 11.2. The van der Waals surface area contributed by atoms with Gasteiger partial charge in [0.25, 0.3) is 0 Å². The lowest BCUT2D eigenvalue weighted by Crippen LogP contribution is -2.23. The van der Waals surface area contributed by atoms with Gasteiger partial charge in [0.1, 0.15) is 18.8 Å². The predicted octanol–water partition coefficient (Wildman–Crippen LogP) is 9.78. The van der Waals surface area contributed by atoms with Crippen molar-refractivity contribution < 1.29 is 19.0 Å². The van der Waals surface area contributed by atoms with E-state index in [-0.39, 0.29) is 5.97 Å². The lowest BCUT2D eigenvalue weighted by atomic mass is 10.1. The Kier molecular flexibility index (Phi) is 13.3. The van der Waals surface area contributed by atoms with Crippen molar-refractivity contribution in [3.63, 3.8) is 0 Å². The molecule has 4 rings (SSSR count). The van der Waals surface area contributed by atoms with Gasteiger partial charge in [0.15, 0.2) is 0 Å². The van der Waals surface area contributed by atoms with Crippen molar-refractivity contribution in [1.29, 1.82) is 0 Å². The number of benzene rings is 3. The van der Waals surface area contributed by atoms with Crippen molar-refractivity contribution in [2.24, 2.45) is 0 Å². The molecule has 0 saturated carbocycles. The number of pyridine rings is 1. The number of rotatable bonds is 18. The molecule has 1 heterocycles. The van der Waals surface area contributed by atoms with Gasteiger partial charge in [-0.25, -0.2) is 0 Å². The fraction of sp³-hybridized carbons (Fsp3) is 0.385. The Morgan fingerprint density at radius 1 is 0.667 bits per heavy atom. The van der Waals surface area contributed by atoms with Gasteiger partial charge in [-0.15, -0.1) is 0 Å². The van der Waals surface area contributed by atoms with Gasteiger partial charge in [0.2, 0.25) is 11.8 Å². The van der Waals surface area contributed by atoms with Crippen LogP contribution in [0.2, 0.25) is 0 Å². The molecule has 0 fully saturated rings. The number of anilines is 1. The Morgan fingerprint density at radius 3 is 1.87 bits per heavy atom. The largest absolute Gasteiger partial charge is 0.473 e. The third-order valence-corrected chi connectivity index (χ3v) is 7.29. The minimum absolute atomic E-state index is 0.0860. The predicted molar refractivity (Wildman–Crippen MR) is 182 cm³/mol. The molecular weight excluding hydrogens is 560 g/mol. The zero-order valence-corrected chi connectivity index (χ0v) is 27.1. The van der Waals surface area contributed by atoms with Crippen LogP contribution in [0.25, 0.3) is 11.1 Å². The highest BCUT2D eigenvalue weighted by Gasteiger charge is 2.15. The summed E-state index contributed by atoms with van der Waals surface area (Å²) in [6.07, 6.45) is 8.45. The highest BCUT2D eigenvalue weighted by Crippen LogP contribution is 2.32.